The molecular formula is C15H22N2O2Si2. The van der Waals surface area contributed by atoms with Crippen molar-refractivity contribution in [3.63, 3.8) is 0 Å². The minimum atomic E-state index is -0.910. The third kappa shape index (κ3) is 2.31. The van der Waals surface area contributed by atoms with Crippen molar-refractivity contribution < 1.29 is 9.59 Å². The average molecular weight is 319 g/mol. The molecule has 112 valence electrons. The van der Waals surface area contributed by atoms with Crippen LogP contribution in [0.3, 0.4) is 0 Å². The van der Waals surface area contributed by atoms with Crippen LogP contribution in [-0.4, -0.2) is 45.6 Å². The van der Waals surface area contributed by atoms with Crippen molar-refractivity contribution in [2.24, 2.45) is 5.73 Å². The molecule has 1 aromatic carbocycles. The minimum Gasteiger partial charge on any atom is -0.330 e. The van der Waals surface area contributed by atoms with Crippen LogP contribution in [0, 0.1) is 0 Å². The Kier molecular flexibility index (Phi) is 4.50. The second-order valence-electron chi connectivity index (χ2n) is 5.89. The Bertz CT molecular complexity index is 530. The van der Waals surface area contributed by atoms with Gasteiger partial charge < -0.3 is 5.73 Å². The van der Waals surface area contributed by atoms with Crippen LogP contribution in [0.1, 0.15) is 27.1 Å². The van der Waals surface area contributed by atoms with Gasteiger partial charge in [0.25, 0.3) is 11.8 Å². The van der Waals surface area contributed by atoms with Crippen molar-refractivity contribution in [2.75, 3.05) is 6.54 Å². The highest BCUT2D eigenvalue weighted by molar-refractivity contribution is 6.81. The highest BCUT2D eigenvalue weighted by atomic mass is 28.3. The lowest BCUT2D eigenvalue weighted by Crippen LogP contribution is -2.67. The average Bonchev–Trinajstić information content (AvgIpc) is 2.69. The summed E-state index contributed by atoms with van der Waals surface area (Å²) in [5, 5.41) is 0. The molecule has 1 aromatic rings. The summed E-state index contributed by atoms with van der Waals surface area (Å²) in [4.78, 5) is 26.9. The van der Waals surface area contributed by atoms with Gasteiger partial charge in [-0.25, -0.2) is 0 Å². The zero-order valence-electron chi connectivity index (χ0n) is 13.1. The maximum atomic E-state index is 12.8. The minimum absolute atomic E-state index is 0.138. The molecule has 1 aliphatic rings. The van der Waals surface area contributed by atoms with Crippen LogP contribution >= 0.6 is 0 Å². The van der Waals surface area contributed by atoms with E-state index in [0.29, 0.717) is 24.1 Å². The standard InChI is InChI=1S/C15H22N2O2Si2/c1-20(2)15(9-10-16,21(3)4)17-13(18)11-7-5-6-8-12(11)14(17)19/h5-8H,9-10,16H2,1-4H3. The van der Waals surface area contributed by atoms with Gasteiger partial charge in [0.1, 0.15) is 0 Å². The molecular weight excluding hydrogens is 296 g/mol. The second-order valence-corrected chi connectivity index (χ2v) is 12.0. The van der Waals surface area contributed by atoms with Crippen LogP contribution < -0.4 is 5.73 Å². The molecule has 1 heterocycles. The molecule has 1 aliphatic heterocycles. The van der Waals surface area contributed by atoms with Gasteiger partial charge in [0.15, 0.2) is 0 Å². The fraction of sp³-hybridized carbons (Fsp3) is 0.467. The number of hydrogen-bond acceptors (Lipinski definition) is 3. The molecule has 2 rings (SSSR count). The lowest BCUT2D eigenvalue weighted by molar-refractivity contribution is 0.0592. The number of fused-ring (bicyclic) bond motifs is 1. The molecule has 4 nitrogen and oxygen atoms in total. The smallest absolute Gasteiger partial charge is 0.261 e. The summed E-state index contributed by atoms with van der Waals surface area (Å²) in [6, 6.07) is 7.12. The maximum Gasteiger partial charge on any atom is 0.261 e. The summed E-state index contributed by atoms with van der Waals surface area (Å²) in [5.74, 6) is -0.275. The quantitative estimate of drug-likeness (QED) is 0.667. The summed E-state index contributed by atoms with van der Waals surface area (Å²) < 4.78 is 0. The van der Waals surface area contributed by atoms with Crippen LogP contribution in [0.2, 0.25) is 26.2 Å². The van der Waals surface area contributed by atoms with E-state index in [0.717, 1.165) is 0 Å². The molecule has 0 saturated carbocycles. The van der Waals surface area contributed by atoms with Crippen molar-refractivity contribution in [1.29, 1.82) is 0 Å². The van der Waals surface area contributed by atoms with Gasteiger partial charge in [0.2, 0.25) is 0 Å². The topological polar surface area (TPSA) is 63.4 Å². The summed E-state index contributed by atoms with van der Waals surface area (Å²) in [6.45, 7) is 9.23. The Balaban J connectivity index is 2.58. The Labute approximate surface area is 129 Å². The number of benzene rings is 1. The number of rotatable bonds is 5. The Hall–Kier alpha value is -1.25. The molecule has 0 aliphatic carbocycles. The summed E-state index contributed by atoms with van der Waals surface area (Å²) in [7, 11) is -1.82. The normalized spacial score (nSPS) is 15.3. The van der Waals surface area contributed by atoms with E-state index in [1.54, 1.807) is 17.0 Å². The van der Waals surface area contributed by atoms with E-state index in [1.807, 2.05) is 12.1 Å². The zero-order valence-corrected chi connectivity index (χ0v) is 15.1. The van der Waals surface area contributed by atoms with Crippen molar-refractivity contribution in [3.8, 4) is 0 Å². The van der Waals surface area contributed by atoms with Gasteiger partial charge in [0, 0.05) is 4.79 Å². The molecule has 0 bridgehead atoms. The lowest BCUT2D eigenvalue weighted by Gasteiger charge is -2.46. The van der Waals surface area contributed by atoms with E-state index < -0.39 is 17.6 Å². The first-order chi connectivity index (χ1) is 9.87. The largest absolute Gasteiger partial charge is 0.330 e. The van der Waals surface area contributed by atoms with Crippen LogP contribution in [0.4, 0.5) is 0 Å². The monoisotopic (exact) mass is 318 g/mol. The molecule has 2 N–H and O–H groups in total. The molecule has 0 fully saturated rings. The molecule has 2 radical (unpaired) electrons. The highest BCUT2D eigenvalue weighted by Crippen LogP contribution is 2.35. The van der Waals surface area contributed by atoms with Gasteiger partial charge in [0.05, 0.1) is 28.7 Å². The molecule has 0 spiro atoms. The number of amides is 2. The molecule has 6 heteroatoms. The Morgan fingerprint density at radius 2 is 1.43 bits per heavy atom. The molecule has 0 unspecified atom stereocenters. The molecule has 0 saturated heterocycles. The number of nitrogens with two attached hydrogens (primary N) is 1. The van der Waals surface area contributed by atoms with E-state index in [2.05, 4.69) is 26.2 Å². The summed E-state index contributed by atoms with van der Waals surface area (Å²) in [6.07, 6.45) is 0.709. The predicted molar refractivity (Wildman–Crippen MR) is 88.3 cm³/mol. The SMILES string of the molecule is C[Si](C)C(CCN)(N1C(=O)c2ccccc2C1=O)[Si](C)C. The van der Waals surface area contributed by atoms with E-state index in [4.69, 9.17) is 5.73 Å². The number of imide groups is 1. The Morgan fingerprint density at radius 1 is 1.00 bits per heavy atom. The van der Waals surface area contributed by atoms with Crippen molar-refractivity contribution >= 4 is 29.4 Å². The summed E-state index contributed by atoms with van der Waals surface area (Å²) in [5.41, 5.74) is 6.91. The van der Waals surface area contributed by atoms with Gasteiger partial charge in [-0.15, -0.1) is 0 Å². The van der Waals surface area contributed by atoms with Gasteiger partial charge in [-0.2, -0.15) is 0 Å². The number of carbonyl (C=O) groups excluding carboxylic acids is 2. The number of carbonyl (C=O) groups is 2. The van der Waals surface area contributed by atoms with Crippen LogP contribution in [0.5, 0.6) is 0 Å². The fourth-order valence-electron chi connectivity index (χ4n) is 3.30. The Morgan fingerprint density at radius 3 is 1.76 bits per heavy atom. The van der Waals surface area contributed by atoms with Crippen molar-refractivity contribution in [3.05, 3.63) is 35.4 Å². The zero-order chi connectivity index (χ0) is 15.8. The molecule has 0 atom stereocenters. The van der Waals surface area contributed by atoms with E-state index in [-0.39, 0.29) is 16.6 Å². The number of nitrogens with zero attached hydrogens (tertiary/aromatic N) is 1. The first kappa shape index (κ1) is 16.1. The fourth-order valence-corrected chi connectivity index (χ4v) is 9.89. The third-order valence-electron chi connectivity index (χ3n) is 4.34. The van der Waals surface area contributed by atoms with E-state index >= 15 is 0 Å². The van der Waals surface area contributed by atoms with Crippen molar-refractivity contribution in [1.82, 2.24) is 4.90 Å². The number of hydrogen-bond donors (Lipinski definition) is 1. The summed E-state index contributed by atoms with van der Waals surface area (Å²) >= 11 is 0. The second kappa shape index (κ2) is 5.86. The van der Waals surface area contributed by atoms with Gasteiger partial charge in [-0.3, -0.25) is 14.5 Å². The van der Waals surface area contributed by atoms with E-state index in [9.17, 15) is 9.59 Å². The first-order valence-electron chi connectivity index (χ1n) is 7.17. The highest BCUT2D eigenvalue weighted by Gasteiger charge is 2.52. The maximum absolute atomic E-state index is 12.8. The molecule has 21 heavy (non-hydrogen) atoms. The van der Waals surface area contributed by atoms with Gasteiger partial charge in [-0.1, -0.05) is 38.3 Å². The van der Waals surface area contributed by atoms with E-state index in [1.165, 1.54) is 0 Å². The lowest BCUT2D eigenvalue weighted by atomic mass is 10.1. The molecule has 2 amide bonds. The third-order valence-corrected chi connectivity index (χ3v) is 11.6. The van der Waals surface area contributed by atoms with Gasteiger partial charge in [-0.05, 0) is 25.1 Å². The van der Waals surface area contributed by atoms with Crippen LogP contribution in [0.25, 0.3) is 0 Å². The molecule has 0 aromatic heterocycles. The predicted octanol–water partition coefficient (Wildman–Crippen LogP) is 1.96. The van der Waals surface area contributed by atoms with Crippen LogP contribution in [-0.2, 0) is 0 Å². The first-order valence-corrected chi connectivity index (χ1v) is 12.2. The van der Waals surface area contributed by atoms with Gasteiger partial charge >= 0.3 is 0 Å². The van der Waals surface area contributed by atoms with Crippen LogP contribution in [0.15, 0.2) is 24.3 Å². The van der Waals surface area contributed by atoms with Crippen molar-refractivity contribution in [2.45, 2.75) is 37.4 Å².